The Morgan fingerprint density at radius 2 is 2.14 bits per heavy atom. The number of H-pyrrole nitrogens is 1. The molecule has 1 heterocycles. The minimum absolute atomic E-state index is 0.219. The van der Waals surface area contributed by atoms with Crippen LogP contribution in [0.15, 0.2) is 29.2 Å². The van der Waals surface area contributed by atoms with E-state index in [4.69, 9.17) is 17.3 Å². The zero-order valence-electron chi connectivity index (χ0n) is 11.9. The maximum absolute atomic E-state index is 12.0. The summed E-state index contributed by atoms with van der Waals surface area (Å²) in [6.07, 6.45) is 2.14. The van der Waals surface area contributed by atoms with Gasteiger partial charge in [-0.15, -0.1) is 0 Å². The van der Waals surface area contributed by atoms with Crippen LogP contribution in [0.2, 0.25) is 5.02 Å². The summed E-state index contributed by atoms with van der Waals surface area (Å²) >= 11 is 6.12. The van der Waals surface area contributed by atoms with Crippen molar-refractivity contribution in [2.45, 2.75) is 26.3 Å². The minimum Gasteiger partial charge on any atom is -0.329 e. The molecule has 0 aliphatic carbocycles. The van der Waals surface area contributed by atoms with Gasteiger partial charge in [0.2, 0.25) is 5.91 Å². The first-order valence-corrected chi connectivity index (χ1v) is 7.13. The van der Waals surface area contributed by atoms with E-state index in [0.717, 1.165) is 0 Å². The topological polar surface area (TPSA) is 88.0 Å². The van der Waals surface area contributed by atoms with Crippen molar-refractivity contribution in [2.24, 2.45) is 11.7 Å². The number of benzene rings is 1. The molecule has 0 bridgehead atoms. The molecule has 1 aromatic heterocycles. The van der Waals surface area contributed by atoms with Gasteiger partial charge in [-0.2, -0.15) is 0 Å². The lowest BCUT2D eigenvalue weighted by Crippen LogP contribution is -2.36. The lowest BCUT2D eigenvalue weighted by atomic mass is 10.0. The number of hydrogen-bond acceptors (Lipinski definition) is 3. The molecule has 0 radical (unpaired) electrons. The molecular formula is C15H18ClN3O2. The van der Waals surface area contributed by atoms with Gasteiger partial charge in [0.1, 0.15) is 0 Å². The summed E-state index contributed by atoms with van der Waals surface area (Å²) in [5, 5.41) is 4.21. The molecule has 1 atom stereocenters. The second-order valence-electron chi connectivity index (χ2n) is 5.45. The molecule has 0 saturated heterocycles. The van der Waals surface area contributed by atoms with Crippen LogP contribution in [0.5, 0.6) is 0 Å². The summed E-state index contributed by atoms with van der Waals surface area (Å²) in [7, 11) is 0. The highest BCUT2D eigenvalue weighted by Crippen LogP contribution is 2.26. The summed E-state index contributed by atoms with van der Waals surface area (Å²) in [6.45, 7) is 4.00. The Kier molecular flexibility index (Phi) is 4.65. The van der Waals surface area contributed by atoms with E-state index in [0.29, 0.717) is 33.8 Å². The van der Waals surface area contributed by atoms with E-state index in [1.54, 1.807) is 24.4 Å². The minimum atomic E-state index is -0.587. The fourth-order valence-corrected chi connectivity index (χ4v) is 2.36. The molecule has 2 rings (SSSR count). The van der Waals surface area contributed by atoms with Crippen LogP contribution in [0, 0.1) is 5.92 Å². The van der Waals surface area contributed by atoms with Gasteiger partial charge < -0.3 is 16.0 Å². The number of aromatic amines is 1. The highest BCUT2D eigenvalue weighted by Gasteiger charge is 2.16. The molecule has 0 fully saturated rings. The zero-order valence-corrected chi connectivity index (χ0v) is 12.7. The predicted octanol–water partition coefficient (Wildman–Crippen LogP) is 2.49. The Labute approximate surface area is 127 Å². The van der Waals surface area contributed by atoms with Crippen molar-refractivity contribution in [3.8, 4) is 0 Å². The predicted molar refractivity (Wildman–Crippen MR) is 85.6 cm³/mol. The number of halogens is 1. The molecule has 0 unspecified atom stereocenters. The van der Waals surface area contributed by atoms with Crippen molar-refractivity contribution >= 4 is 34.0 Å². The van der Waals surface area contributed by atoms with Crippen molar-refractivity contribution in [1.29, 1.82) is 0 Å². The first kappa shape index (κ1) is 15.5. The molecule has 0 saturated carbocycles. The second kappa shape index (κ2) is 6.28. The molecule has 1 amide bonds. The molecule has 6 heteroatoms. The fourth-order valence-electron chi connectivity index (χ4n) is 2.15. The molecule has 112 valence electrons. The summed E-state index contributed by atoms with van der Waals surface area (Å²) in [6, 6.07) is 4.37. The van der Waals surface area contributed by atoms with E-state index >= 15 is 0 Å². The SMILES string of the molecule is CC(C)C[C@H](N)C(=O)Nc1cc2cc[nH]c(=O)c2cc1Cl. The van der Waals surface area contributed by atoms with Crippen molar-refractivity contribution in [2.75, 3.05) is 5.32 Å². The number of amides is 1. The smallest absolute Gasteiger partial charge is 0.255 e. The van der Waals surface area contributed by atoms with Gasteiger partial charge in [-0.1, -0.05) is 25.4 Å². The number of pyridine rings is 1. The van der Waals surface area contributed by atoms with Gasteiger partial charge in [-0.25, -0.2) is 0 Å². The molecular weight excluding hydrogens is 290 g/mol. The first-order valence-electron chi connectivity index (χ1n) is 6.76. The number of anilines is 1. The van der Waals surface area contributed by atoms with Crippen molar-refractivity contribution in [3.05, 3.63) is 39.8 Å². The summed E-state index contributed by atoms with van der Waals surface area (Å²) in [4.78, 5) is 26.3. The molecule has 21 heavy (non-hydrogen) atoms. The van der Waals surface area contributed by atoms with Crippen LogP contribution in [0.4, 0.5) is 5.69 Å². The van der Waals surface area contributed by atoms with Gasteiger partial charge in [-0.05, 0) is 35.9 Å². The molecule has 5 nitrogen and oxygen atoms in total. The standard InChI is InChI=1S/C15H18ClN3O2/c1-8(2)5-12(17)15(21)19-13-6-9-3-4-18-14(20)10(9)7-11(13)16/h3-4,6-8,12H,5,17H2,1-2H3,(H,18,20)(H,19,21)/t12-/m0/s1. The molecule has 2 aromatic rings. The van der Waals surface area contributed by atoms with Crippen molar-refractivity contribution in [1.82, 2.24) is 4.98 Å². The largest absolute Gasteiger partial charge is 0.329 e. The summed E-state index contributed by atoms with van der Waals surface area (Å²) in [5.74, 6) is 0.0474. The number of carbonyl (C=O) groups is 1. The lowest BCUT2D eigenvalue weighted by molar-refractivity contribution is -0.117. The van der Waals surface area contributed by atoms with Crippen LogP contribution in [-0.4, -0.2) is 16.9 Å². The summed E-state index contributed by atoms with van der Waals surface area (Å²) in [5.41, 5.74) is 6.08. The van der Waals surface area contributed by atoms with E-state index in [2.05, 4.69) is 10.3 Å². The van der Waals surface area contributed by atoms with Crippen LogP contribution in [-0.2, 0) is 4.79 Å². The highest BCUT2D eigenvalue weighted by molar-refractivity contribution is 6.34. The van der Waals surface area contributed by atoms with Gasteiger partial charge in [0.25, 0.3) is 5.56 Å². The molecule has 0 aliphatic heterocycles. The average Bonchev–Trinajstić information content (AvgIpc) is 2.40. The van der Waals surface area contributed by atoms with Crippen LogP contribution in [0.25, 0.3) is 10.8 Å². The van der Waals surface area contributed by atoms with Crippen LogP contribution in [0.1, 0.15) is 20.3 Å². The Morgan fingerprint density at radius 1 is 1.43 bits per heavy atom. The number of carbonyl (C=O) groups excluding carboxylic acids is 1. The average molecular weight is 308 g/mol. The van der Waals surface area contributed by atoms with Crippen molar-refractivity contribution in [3.63, 3.8) is 0 Å². The Morgan fingerprint density at radius 3 is 2.81 bits per heavy atom. The third kappa shape index (κ3) is 3.62. The second-order valence-corrected chi connectivity index (χ2v) is 5.86. The van der Waals surface area contributed by atoms with Crippen molar-refractivity contribution < 1.29 is 4.79 Å². The van der Waals surface area contributed by atoms with Gasteiger partial charge in [0, 0.05) is 11.6 Å². The maximum Gasteiger partial charge on any atom is 0.255 e. The molecule has 4 N–H and O–H groups in total. The molecule has 0 spiro atoms. The van der Waals surface area contributed by atoms with E-state index < -0.39 is 6.04 Å². The maximum atomic E-state index is 12.0. The lowest BCUT2D eigenvalue weighted by Gasteiger charge is -2.15. The number of nitrogens with one attached hydrogen (secondary N) is 2. The Bertz CT molecular complexity index is 724. The molecule has 1 aromatic carbocycles. The third-order valence-electron chi connectivity index (χ3n) is 3.18. The van der Waals surface area contributed by atoms with Crippen LogP contribution in [0.3, 0.4) is 0 Å². The fraction of sp³-hybridized carbons (Fsp3) is 0.333. The van der Waals surface area contributed by atoms with E-state index in [1.165, 1.54) is 0 Å². The number of fused-ring (bicyclic) bond motifs is 1. The van der Waals surface area contributed by atoms with Crippen LogP contribution >= 0.6 is 11.6 Å². The van der Waals surface area contributed by atoms with Crippen LogP contribution < -0.4 is 16.6 Å². The Balaban J connectivity index is 2.29. The number of nitrogens with two attached hydrogens (primary N) is 1. The normalized spacial score (nSPS) is 12.6. The van der Waals surface area contributed by atoms with Gasteiger partial charge in [0.15, 0.2) is 0 Å². The quantitative estimate of drug-likeness (QED) is 0.811. The highest BCUT2D eigenvalue weighted by atomic mass is 35.5. The summed E-state index contributed by atoms with van der Waals surface area (Å²) < 4.78 is 0. The number of aromatic nitrogens is 1. The Hall–Kier alpha value is -1.85. The third-order valence-corrected chi connectivity index (χ3v) is 3.49. The monoisotopic (exact) mass is 307 g/mol. The zero-order chi connectivity index (χ0) is 15.6. The molecule has 0 aliphatic rings. The number of rotatable bonds is 4. The number of hydrogen-bond donors (Lipinski definition) is 3. The van der Waals surface area contributed by atoms with Gasteiger partial charge >= 0.3 is 0 Å². The van der Waals surface area contributed by atoms with Gasteiger partial charge in [0.05, 0.1) is 16.8 Å². The van der Waals surface area contributed by atoms with E-state index in [-0.39, 0.29) is 11.5 Å². The van der Waals surface area contributed by atoms with E-state index in [1.807, 2.05) is 13.8 Å². The van der Waals surface area contributed by atoms with Gasteiger partial charge in [-0.3, -0.25) is 9.59 Å². The first-order chi connectivity index (χ1) is 9.88. The van der Waals surface area contributed by atoms with E-state index in [9.17, 15) is 9.59 Å².